The number of piperidine rings is 1. The van der Waals surface area contributed by atoms with Crippen LogP contribution in [0.15, 0.2) is 41.8 Å². The summed E-state index contributed by atoms with van der Waals surface area (Å²) >= 11 is 1.27. The maximum Gasteiger partial charge on any atom is 0.230 e. The molecule has 7 nitrogen and oxygen atoms in total. The van der Waals surface area contributed by atoms with Gasteiger partial charge in [-0.2, -0.15) is 4.98 Å². The number of amides is 1. The van der Waals surface area contributed by atoms with Crippen LogP contribution in [-0.4, -0.2) is 50.6 Å². The molecule has 2 heterocycles. The molecule has 3 rings (SSSR count). The summed E-state index contributed by atoms with van der Waals surface area (Å²) in [5.41, 5.74) is 6.83. The zero-order valence-corrected chi connectivity index (χ0v) is 14.8. The van der Waals surface area contributed by atoms with Gasteiger partial charge in [0.1, 0.15) is 6.33 Å². The first-order chi connectivity index (χ1) is 12.2. The van der Waals surface area contributed by atoms with E-state index in [1.165, 1.54) is 23.7 Å². The summed E-state index contributed by atoms with van der Waals surface area (Å²) < 4.78 is 0. The average Bonchev–Trinajstić information content (AvgIpc) is 2.63. The highest BCUT2D eigenvalue weighted by Crippen LogP contribution is 2.15. The van der Waals surface area contributed by atoms with Crippen LogP contribution in [0.25, 0.3) is 0 Å². The highest BCUT2D eigenvalue weighted by molar-refractivity contribution is 7.99. The Morgan fingerprint density at radius 2 is 2.00 bits per heavy atom. The van der Waals surface area contributed by atoms with Crippen LogP contribution in [0.3, 0.4) is 0 Å². The number of anilines is 1. The van der Waals surface area contributed by atoms with E-state index in [0.29, 0.717) is 5.16 Å². The van der Waals surface area contributed by atoms with Crippen molar-refractivity contribution in [3.63, 3.8) is 0 Å². The molecule has 1 amide bonds. The molecule has 0 aliphatic carbocycles. The minimum Gasteiger partial charge on any atom is -0.368 e. The molecule has 0 saturated carbocycles. The molecular weight excluding hydrogens is 336 g/mol. The average molecular weight is 358 g/mol. The number of rotatable bonds is 6. The predicted octanol–water partition coefficient (Wildman–Crippen LogP) is 1.33. The lowest BCUT2D eigenvalue weighted by molar-refractivity contribution is -0.119. The highest BCUT2D eigenvalue weighted by Gasteiger charge is 2.20. The summed E-state index contributed by atoms with van der Waals surface area (Å²) in [5.74, 6) is 0.461. The predicted molar refractivity (Wildman–Crippen MR) is 97.8 cm³/mol. The van der Waals surface area contributed by atoms with Crippen LogP contribution in [0.1, 0.15) is 18.4 Å². The van der Waals surface area contributed by atoms with Crippen molar-refractivity contribution < 1.29 is 4.79 Å². The van der Waals surface area contributed by atoms with Gasteiger partial charge >= 0.3 is 0 Å². The molecule has 1 saturated heterocycles. The SMILES string of the molecule is Nc1ncnc(SCC(=O)NC2CCN(Cc3ccccc3)CC2)n1. The number of nitrogens with zero attached hydrogens (tertiary/aromatic N) is 4. The summed E-state index contributed by atoms with van der Waals surface area (Å²) in [5, 5.41) is 3.57. The van der Waals surface area contributed by atoms with E-state index in [9.17, 15) is 4.79 Å². The van der Waals surface area contributed by atoms with Gasteiger partial charge in [-0.15, -0.1) is 0 Å². The number of nitrogen functional groups attached to an aromatic ring is 1. The number of carbonyl (C=O) groups is 1. The van der Waals surface area contributed by atoms with Crippen molar-refractivity contribution in [3.8, 4) is 0 Å². The Morgan fingerprint density at radius 1 is 1.24 bits per heavy atom. The number of benzene rings is 1. The fourth-order valence-electron chi connectivity index (χ4n) is 2.84. The van der Waals surface area contributed by atoms with Gasteiger partial charge in [0.25, 0.3) is 0 Å². The maximum atomic E-state index is 12.1. The molecule has 1 aromatic carbocycles. The van der Waals surface area contributed by atoms with E-state index in [1.54, 1.807) is 0 Å². The first kappa shape index (κ1) is 17.6. The number of hydrogen-bond acceptors (Lipinski definition) is 7. The minimum atomic E-state index is 0.00509. The second kappa shape index (κ2) is 8.77. The van der Waals surface area contributed by atoms with Gasteiger partial charge < -0.3 is 11.1 Å². The lowest BCUT2D eigenvalue weighted by Crippen LogP contribution is -2.44. The fourth-order valence-corrected chi connectivity index (χ4v) is 3.46. The molecule has 25 heavy (non-hydrogen) atoms. The summed E-state index contributed by atoms with van der Waals surface area (Å²) in [6.45, 7) is 2.96. The Labute approximate surface area is 151 Å². The lowest BCUT2D eigenvalue weighted by atomic mass is 10.0. The van der Waals surface area contributed by atoms with Crippen LogP contribution in [0.4, 0.5) is 5.95 Å². The summed E-state index contributed by atoms with van der Waals surface area (Å²) in [7, 11) is 0. The molecule has 0 bridgehead atoms. The molecule has 0 radical (unpaired) electrons. The third-order valence-corrected chi connectivity index (χ3v) is 4.96. The van der Waals surface area contributed by atoms with E-state index in [0.717, 1.165) is 32.5 Å². The van der Waals surface area contributed by atoms with Crippen LogP contribution in [-0.2, 0) is 11.3 Å². The smallest absolute Gasteiger partial charge is 0.230 e. The summed E-state index contributed by atoms with van der Waals surface area (Å²) in [6, 6.07) is 10.7. The minimum absolute atomic E-state index is 0.00509. The number of nitrogens with one attached hydrogen (secondary N) is 1. The van der Waals surface area contributed by atoms with Crippen molar-refractivity contribution in [3.05, 3.63) is 42.2 Å². The molecule has 1 fully saturated rings. The van der Waals surface area contributed by atoms with Gasteiger partial charge in [0, 0.05) is 25.7 Å². The van der Waals surface area contributed by atoms with E-state index in [-0.39, 0.29) is 23.7 Å². The zero-order chi connectivity index (χ0) is 17.5. The number of hydrogen-bond donors (Lipinski definition) is 2. The molecule has 8 heteroatoms. The molecule has 2 aromatic rings. The first-order valence-corrected chi connectivity index (χ1v) is 9.30. The van der Waals surface area contributed by atoms with E-state index < -0.39 is 0 Å². The standard InChI is InChI=1S/C17H22N6OS/c18-16-19-12-20-17(22-16)25-11-15(24)21-14-6-8-23(9-7-14)10-13-4-2-1-3-5-13/h1-5,12,14H,6-11H2,(H,21,24)(H2,18,19,20,22). The molecule has 132 valence electrons. The number of thioether (sulfide) groups is 1. The van der Waals surface area contributed by atoms with Gasteiger partial charge in [0.15, 0.2) is 5.16 Å². The maximum absolute atomic E-state index is 12.1. The van der Waals surface area contributed by atoms with Crippen LogP contribution in [0, 0.1) is 0 Å². The second-order valence-corrected chi connectivity index (χ2v) is 6.96. The second-order valence-electron chi connectivity index (χ2n) is 6.02. The van der Waals surface area contributed by atoms with Gasteiger partial charge in [0.2, 0.25) is 11.9 Å². The quantitative estimate of drug-likeness (QED) is 0.752. The molecule has 1 aliphatic rings. The first-order valence-electron chi connectivity index (χ1n) is 8.32. The van der Waals surface area contributed by atoms with Gasteiger partial charge in [-0.25, -0.2) is 9.97 Å². The van der Waals surface area contributed by atoms with Crippen LogP contribution < -0.4 is 11.1 Å². The molecule has 3 N–H and O–H groups in total. The number of nitrogens with two attached hydrogens (primary N) is 1. The van der Waals surface area contributed by atoms with Gasteiger partial charge in [-0.05, 0) is 18.4 Å². The topological polar surface area (TPSA) is 97.0 Å². The summed E-state index contributed by atoms with van der Waals surface area (Å²) in [6.07, 6.45) is 3.30. The molecule has 1 aliphatic heterocycles. The molecule has 0 atom stereocenters. The van der Waals surface area contributed by atoms with Crippen molar-refractivity contribution >= 4 is 23.6 Å². The normalized spacial score (nSPS) is 15.8. The van der Waals surface area contributed by atoms with Crippen molar-refractivity contribution in [2.24, 2.45) is 0 Å². The Bertz CT molecular complexity index is 691. The van der Waals surface area contributed by atoms with Crippen LogP contribution in [0.2, 0.25) is 0 Å². The van der Waals surface area contributed by atoms with E-state index in [4.69, 9.17) is 5.73 Å². The largest absolute Gasteiger partial charge is 0.368 e. The molecule has 0 unspecified atom stereocenters. The van der Waals surface area contributed by atoms with Crippen molar-refractivity contribution in [1.29, 1.82) is 0 Å². The van der Waals surface area contributed by atoms with Gasteiger partial charge in [-0.1, -0.05) is 42.1 Å². The third kappa shape index (κ3) is 5.68. The van der Waals surface area contributed by atoms with Gasteiger partial charge in [0.05, 0.1) is 5.75 Å². The monoisotopic (exact) mass is 358 g/mol. The Hall–Kier alpha value is -2.19. The van der Waals surface area contributed by atoms with Gasteiger partial charge in [-0.3, -0.25) is 9.69 Å². The lowest BCUT2D eigenvalue weighted by Gasteiger charge is -2.32. The Morgan fingerprint density at radius 3 is 2.72 bits per heavy atom. The molecule has 1 aromatic heterocycles. The number of carbonyl (C=O) groups excluding carboxylic acids is 1. The zero-order valence-electron chi connectivity index (χ0n) is 14.0. The highest BCUT2D eigenvalue weighted by atomic mass is 32.2. The molecule has 0 spiro atoms. The van der Waals surface area contributed by atoms with Crippen LogP contribution in [0.5, 0.6) is 0 Å². The van der Waals surface area contributed by atoms with E-state index >= 15 is 0 Å². The third-order valence-electron chi connectivity index (χ3n) is 4.10. The van der Waals surface area contributed by atoms with E-state index in [2.05, 4.69) is 49.4 Å². The summed E-state index contributed by atoms with van der Waals surface area (Å²) in [4.78, 5) is 26.2. The Kier molecular flexibility index (Phi) is 6.19. The van der Waals surface area contributed by atoms with Crippen molar-refractivity contribution in [2.45, 2.75) is 30.6 Å². The molecular formula is C17H22N6OS. The number of aromatic nitrogens is 3. The van der Waals surface area contributed by atoms with E-state index in [1.807, 2.05) is 6.07 Å². The van der Waals surface area contributed by atoms with Crippen LogP contribution >= 0.6 is 11.8 Å². The van der Waals surface area contributed by atoms with Crippen molar-refractivity contribution in [1.82, 2.24) is 25.2 Å². The number of likely N-dealkylation sites (tertiary alicyclic amines) is 1. The van der Waals surface area contributed by atoms with Crippen molar-refractivity contribution in [2.75, 3.05) is 24.6 Å². The Balaban J connectivity index is 1.37. The fraction of sp³-hybridized carbons (Fsp3) is 0.412.